The van der Waals surface area contributed by atoms with E-state index >= 15 is 0 Å². The van der Waals surface area contributed by atoms with Crippen LogP contribution in [-0.4, -0.2) is 4.98 Å². The van der Waals surface area contributed by atoms with Crippen molar-refractivity contribution in [2.75, 3.05) is 0 Å². The Morgan fingerprint density at radius 2 is 2.00 bits per heavy atom. The van der Waals surface area contributed by atoms with Crippen molar-refractivity contribution >= 4 is 10.8 Å². The van der Waals surface area contributed by atoms with Crippen LogP contribution in [0.25, 0.3) is 21.9 Å². The minimum absolute atomic E-state index is 0.212. The van der Waals surface area contributed by atoms with E-state index in [2.05, 4.69) is 4.98 Å². The number of rotatable bonds is 2. The normalized spacial score (nSPS) is 10.8. The molecule has 2 N–H and O–H groups in total. The van der Waals surface area contributed by atoms with E-state index in [1.165, 1.54) is 6.07 Å². The summed E-state index contributed by atoms with van der Waals surface area (Å²) in [4.78, 5) is 4.14. The van der Waals surface area contributed by atoms with Crippen molar-refractivity contribution in [3.8, 4) is 11.1 Å². The van der Waals surface area contributed by atoms with Crippen molar-refractivity contribution < 1.29 is 4.39 Å². The molecule has 1 heterocycles. The summed E-state index contributed by atoms with van der Waals surface area (Å²) in [6.07, 6.45) is 3.56. The molecule has 0 spiro atoms. The highest BCUT2D eigenvalue weighted by molar-refractivity contribution is 5.95. The maximum atomic E-state index is 13.8. The molecule has 0 fully saturated rings. The molecule has 3 rings (SSSR count). The molecule has 0 radical (unpaired) electrons. The molecule has 0 saturated carbocycles. The van der Waals surface area contributed by atoms with E-state index in [-0.39, 0.29) is 12.4 Å². The lowest BCUT2D eigenvalue weighted by atomic mass is 9.98. The van der Waals surface area contributed by atoms with Crippen LogP contribution in [0.3, 0.4) is 0 Å². The summed E-state index contributed by atoms with van der Waals surface area (Å²) in [5.74, 6) is -0.263. The van der Waals surface area contributed by atoms with Gasteiger partial charge in [-0.1, -0.05) is 30.3 Å². The third-order valence-corrected chi connectivity index (χ3v) is 3.27. The average Bonchev–Trinajstić information content (AvgIpc) is 2.46. The van der Waals surface area contributed by atoms with Gasteiger partial charge < -0.3 is 5.73 Å². The fourth-order valence-electron chi connectivity index (χ4n) is 2.25. The third kappa shape index (κ3) is 2.09. The molecule has 0 aliphatic heterocycles. The van der Waals surface area contributed by atoms with Crippen LogP contribution in [0.15, 0.2) is 54.9 Å². The molecule has 0 aliphatic rings. The molecule has 2 nitrogen and oxygen atoms in total. The number of nitrogens with two attached hydrogens (primary N) is 1. The van der Waals surface area contributed by atoms with Crippen molar-refractivity contribution in [2.24, 2.45) is 5.73 Å². The number of nitrogens with zero attached hydrogens (tertiary/aromatic N) is 1. The molecule has 0 unspecified atom stereocenters. The Balaban J connectivity index is 2.22. The predicted molar refractivity (Wildman–Crippen MR) is 75.0 cm³/mol. The summed E-state index contributed by atoms with van der Waals surface area (Å²) >= 11 is 0. The Bertz CT molecular complexity index is 732. The fraction of sp³-hybridized carbons (Fsp3) is 0.0625. The van der Waals surface area contributed by atoms with Gasteiger partial charge in [0.1, 0.15) is 5.82 Å². The first-order chi connectivity index (χ1) is 9.29. The highest BCUT2D eigenvalue weighted by atomic mass is 19.1. The number of pyridine rings is 1. The van der Waals surface area contributed by atoms with E-state index < -0.39 is 0 Å². The highest BCUT2D eigenvalue weighted by Gasteiger charge is 2.07. The second-order valence-electron chi connectivity index (χ2n) is 4.41. The summed E-state index contributed by atoms with van der Waals surface area (Å²) < 4.78 is 13.8. The second-order valence-corrected chi connectivity index (χ2v) is 4.41. The van der Waals surface area contributed by atoms with Gasteiger partial charge in [-0.3, -0.25) is 4.98 Å². The van der Waals surface area contributed by atoms with Crippen molar-refractivity contribution in [2.45, 2.75) is 6.54 Å². The number of hydrogen-bond acceptors (Lipinski definition) is 2. The zero-order valence-electron chi connectivity index (χ0n) is 10.3. The number of halogens is 1. The SMILES string of the molecule is NCc1ccc(-c2cccc3ccncc23)cc1F. The van der Waals surface area contributed by atoms with Crippen molar-refractivity contribution in [1.82, 2.24) is 4.98 Å². The van der Waals surface area contributed by atoms with Gasteiger partial charge in [-0.15, -0.1) is 0 Å². The molecular formula is C16H13FN2. The summed E-state index contributed by atoms with van der Waals surface area (Å²) in [7, 11) is 0. The number of aromatic nitrogens is 1. The minimum atomic E-state index is -0.263. The minimum Gasteiger partial charge on any atom is -0.326 e. The van der Waals surface area contributed by atoms with Crippen LogP contribution < -0.4 is 5.73 Å². The Morgan fingerprint density at radius 1 is 1.11 bits per heavy atom. The van der Waals surface area contributed by atoms with E-state index in [9.17, 15) is 4.39 Å². The van der Waals surface area contributed by atoms with Crippen LogP contribution in [0.2, 0.25) is 0 Å². The largest absolute Gasteiger partial charge is 0.326 e. The van der Waals surface area contributed by atoms with Gasteiger partial charge in [-0.05, 0) is 28.6 Å². The Labute approximate surface area is 110 Å². The monoisotopic (exact) mass is 252 g/mol. The molecule has 1 aromatic heterocycles. The molecule has 0 amide bonds. The molecule has 3 heteroatoms. The zero-order chi connectivity index (χ0) is 13.2. The van der Waals surface area contributed by atoms with Crippen molar-refractivity contribution in [3.05, 3.63) is 66.2 Å². The molecule has 0 bridgehead atoms. The van der Waals surface area contributed by atoms with Gasteiger partial charge in [0, 0.05) is 29.9 Å². The van der Waals surface area contributed by atoms with Crippen molar-refractivity contribution in [1.29, 1.82) is 0 Å². The smallest absolute Gasteiger partial charge is 0.128 e. The van der Waals surface area contributed by atoms with E-state index in [0.29, 0.717) is 5.56 Å². The predicted octanol–water partition coefficient (Wildman–Crippen LogP) is 3.50. The van der Waals surface area contributed by atoms with Gasteiger partial charge in [0.05, 0.1) is 0 Å². The van der Waals surface area contributed by atoms with Crippen LogP contribution in [-0.2, 0) is 6.54 Å². The zero-order valence-corrected chi connectivity index (χ0v) is 10.3. The maximum absolute atomic E-state index is 13.8. The van der Waals surface area contributed by atoms with Crippen LogP contribution in [0.4, 0.5) is 4.39 Å². The van der Waals surface area contributed by atoms with Gasteiger partial charge in [-0.25, -0.2) is 4.39 Å². The first-order valence-electron chi connectivity index (χ1n) is 6.11. The van der Waals surface area contributed by atoms with E-state index in [1.807, 2.05) is 30.3 Å². The lowest BCUT2D eigenvalue weighted by molar-refractivity contribution is 0.611. The second kappa shape index (κ2) is 4.78. The summed E-state index contributed by atoms with van der Waals surface area (Å²) in [6, 6.07) is 13.1. The fourth-order valence-corrected chi connectivity index (χ4v) is 2.25. The first kappa shape index (κ1) is 11.8. The highest BCUT2D eigenvalue weighted by Crippen LogP contribution is 2.28. The summed E-state index contributed by atoms with van der Waals surface area (Å²) in [6.45, 7) is 0.212. The van der Waals surface area contributed by atoms with Gasteiger partial charge in [0.15, 0.2) is 0 Å². The molecule has 0 saturated heterocycles. The van der Waals surface area contributed by atoms with Gasteiger partial charge in [-0.2, -0.15) is 0 Å². The number of fused-ring (bicyclic) bond motifs is 1. The average molecular weight is 252 g/mol. The molecule has 3 aromatic rings. The Morgan fingerprint density at radius 3 is 2.79 bits per heavy atom. The van der Waals surface area contributed by atoms with E-state index in [0.717, 1.165) is 21.9 Å². The maximum Gasteiger partial charge on any atom is 0.128 e. The molecule has 0 aliphatic carbocycles. The first-order valence-corrected chi connectivity index (χ1v) is 6.11. The quantitative estimate of drug-likeness (QED) is 0.758. The molecular weight excluding hydrogens is 239 g/mol. The van der Waals surface area contributed by atoms with Crippen LogP contribution >= 0.6 is 0 Å². The summed E-state index contributed by atoms with van der Waals surface area (Å²) in [5, 5.41) is 2.11. The van der Waals surface area contributed by atoms with E-state index in [4.69, 9.17) is 5.73 Å². The number of benzene rings is 2. The van der Waals surface area contributed by atoms with Crippen LogP contribution in [0.5, 0.6) is 0 Å². The van der Waals surface area contributed by atoms with Gasteiger partial charge >= 0.3 is 0 Å². The topological polar surface area (TPSA) is 38.9 Å². The number of hydrogen-bond donors (Lipinski definition) is 1. The molecule has 19 heavy (non-hydrogen) atoms. The molecule has 0 atom stereocenters. The molecule has 94 valence electrons. The van der Waals surface area contributed by atoms with Crippen LogP contribution in [0, 0.1) is 5.82 Å². The Hall–Kier alpha value is -2.26. The van der Waals surface area contributed by atoms with Gasteiger partial charge in [0.2, 0.25) is 0 Å². The standard InChI is InChI=1S/C16H13FN2/c17-16-8-12(4-5-13(16)9-18)14-3-1-2-11-6-7-19-10-15(11)14/h1-8,10H,9,18H2. The van der Waals surface area contributed by atoms with Crippen molar-refractivity contribution in [3.63, 3.8) is 0 Å². The Kier molecular flexibility index (Phi) is 2.97. The lowest BCUT2D eigenvalue weighted by Crippen LogP contribution is -1.99. The lowest BCUT2D eigenvalue weighted by Gasteiger charge is -2.08. The third-order valence-electron chi connectivity index (χ3n) is 3.27. The summed E-state index contributed by atoms with van der Waals surface area (Å²) in [5.41, 5.74) is 7.83. The molecule has 2 aromatic carbocycles. The van der Waals surface area contributed by atoms with Crippen LogP contribution in [0.1, 0.15) is 5.56 Å². The van der Waals surface area contributed by atoms with E-state index in [1.54, 1.807) is 18.5 Å². The van der Waals surface area contributed by atoms with Gasteiger partial charge in [0.25, 0.3) is 0 Å².